The minimum Gasteiger partial charge on any atom is -0.494 e. The number of nitrogens with one attached hydrogen (secondary N) is 1. The topological polar surface area (TPSA) is 122 Å². The molecule has 57 heavy (non-hydrogen) atoms. The number of rotatable bonds is 14. The number of halogens is 2. The van der Waals surface area contributed by atoms with Crippen LogP contribution in [0.25, 0.3) is 5.57 Å². The van der Waals surface area contributed by atoms with Gasteiger partial charge >= 0.3 is 11.9 Å². The highest BCUT2D eigenvalue weighted by Gasteiger charge is 2.60. The molecule has 0 bridgehead atoms. The highest BCUT2D eigenvalue weighted by atomic mass is 35.5. The molecule has 0 spiro atoms. The van der Waals surface area contributed by atoms with E-state index in [1.54, 1.807) is 18.2 Å². The molecule has 2 aromatic carbocycles. The number of amides is 1. The van der Waals surface area contributed by atoms with Crippen LogP contribution in [0.15, 0.2) is 30.3 Å². The van der Waals surface area contributed by atoms with Gasteiger partial charge in [-0.25, -0.2) is 9.59 Å². The number of hydrogen-bond acceptors (Lipinski definition) is 5. The quantitative estimate of drug-likeness (QED) is 0.173. The summed E-state index contributed by atoms with van der Waals surface area (Å²) in [6.45, 7) is 12.5. The van der Waals surface area contributed by atoms with Gasteiger partial charge in [-0.2, -0.15) is 0 Å². The van der Waals surface area contributed by atoms with E-state index >= 15 is 0 Å². The second-order valence-corrected chi connectivity index (χ2v) is 19.6. The molecular formula is C47H63Cl2NO7. The van der Waals surface area contributed by atoms with Gasteiger partial charge in [-0.3, -0.25) is 4.79 Å². The molecule has 0 radical (unpaired) electrons. The predicted molar refractivity (Wildman–Crippen MR) is 227 cm³/mol. The van der Waals surface area contributed by atoms with Crippen molar-refractivity contribution in [1.82, 2.24) is 5.32 Å². The molecule has 0 aromatic heterocycles. The zero-order chi connectivity index (χ0) is 41.4. The monoisotopic (exact) mass is 823 g/mol. The average Bonchev–Trinajstić information content (AvgIpc) is 3.51. The van der Waals surface area contributed by atoms with E-state index in [2.05, 4.69) is 39.9 Å². The van der Waals surface area contributed by atoms with Crippen molar-refractivity contribution >= 4 is 46.6 Å². The second kappa shape index (κ2) is 17.6. The zero-order valence-corrected chi connectivity index (χ0v) is 36.4. The molecule has 8 nitrogen and oxygen atoms in total. The van der Waals surface area contributed by atoms with Gasteiger partial charge in [0.05, 0.1) is 24.3 Å². The van der Waals surface area contributed by atoms with Gasteiger partial charge in [-0.1, -0.05) is 83.2 Å². The average molecular weight is 825 g/mol. The first kappa shape index (κ1) is 43.4. The molecule has 4 saturated carbocycles. The Labute approximate surface area is 349 Å². The fourth-order valence-electron chi connectivity index (χ4n) is 12.5. The summed E-state index contributed by atoms with van der Waals surface area (Å²) in [4.78, 5) is 38.2. The van der Waals surface area contributed by atoms with Gasteiger partial charge < -0.3 is 25.0 Å². The molecule has 4 aliphatic rings. The first-order valence-electron chi connectivity index (χ1n) is 21.2. The van der Waals surface area contributed by atoms with Crippen LogP contribution in [0.2, 0.25) is 10.0 Å². The summed E-state index contributed by atoms with van der Waals surface area (Å²) in [7, 11) is 2.67. The van der Waals surface area contributed by atoms with Crippen LogP contribution in [0.1, 0.15) is 150 Å². The van der Waals surface area contributed by atoms with Crippen LogP contribution >= 0.6 is 23.2 Å². The van der Waals surface area contributed by atoms with E-state index in [0.29, 0.717) is 33.4 Å². The molecule has 2 unspecified atom stereocenters. The minimum absolute atomic E-state index is 0.000805. The van der Waals surface area contributed by atoms with Gasteiger partial charge in [0, 0.05) is 12.5 Å². The zero-order valence-electron chi connectivity index (χ0n) is 34.9. The van der Waals surface area contributed by atoms with Crippen molar-refractivity contribution < 1.29 is 34.1 Å². The van der Waals surface area contributed by atoms with Gasteiger partial charge in [0.1, 0.15) is 11.1 Å². The van der Waals surface area contributed by atoms with Crippen LogP contribution in [0.5, 0.6) is 11.5 Å². The van der Waals surface area contributed by atoms with Crippen LogP contribution in [0, 0.1) is 52.3 Å². The van der Waals surface area contributed by atoms with Crippen molar-refractivity contribution in [3.8, 4) is 11.5 Å². The maximum Gasteiger partial charge on any atom is 0.339 e. The van der Waals surface area contributed by atoms with Crippen molar-refractivity contribution in [2.45, 2.75) is 124 Å². The van der Waals surface area contributed by atoms with E-state index in [0.717, 1.165) is 54.8 Å². The van der Waals surface area contributed by atoms with Crippen LogP contribution in [0.4, 0.5) is 0 Å². The standard InChI is InChI=1S/C47H63Cl2NO7/c1-26(2)9-8-10-27(3)36-14-15-37-33-12-11-30-25-31(17-19-46(30,4)38(33)18-20-47(36,37)5)50-41(51)16-13-32(28-21-34(44(52)53)42(56-6)39(48)23-28)29-22-35(45(54)55)43(57-7)40(49)24-29/h13,21-24,26-27,30-31,33,36-38H,8-12,14-20,25H2,1-7H3,(H,50,51)(H,52,53)(H,54,55)/t27-,30?,31?,33+,36-,37+,38+,46+,47-/m1/s1. The van der Waals surface area contributed by atoms with Gasteiger partial charge in [-0.15, -0.1) is 0 Å². The summed E-state index contributed by atoms with van der Waals surface area (Å²) < 4.78 is 10.6. The molecule has 0 heterocycles. The lowest BCUT2D eigenvalue weighted by atomic mass is 9.44. The van der Waals surface area contributed by atoms with Crippen molar-refractivity contribution in [1.29, 1.82) is 0 Å². The van der Waals surface area contributed by atoms with E-state index in [1.165, 1.54) is 84.1 Å². The number of aromatic carboxylic acids is 2. The molecule has 4 aliphatic carbocycles. The normalized spacial score (nSPS) is 29.7. The van der Waals surface area contributed by atoms with Crippen molar-refractivity contribution in [2.24, 2.45) is 52.3 Å². The van der Waals surface area contributed by atoms with Gasteiger partial charge in [-0.05, 0) is 151 Å². The summed E-state index contributed by atoms with van der Waals surface area (Å²) in [5, 5.41) is 23.4. The van der Waals surface area contributed by atoms with Crippen molar-refractivity contribution in [2.75, 3.05) is 14.2 Å². The first-order valence-corrected chi connectivity index (χ1v) is 22.0. The van der Waals surface area contributed by atoms with E-state index in [1.807, 2.05) is 0 Å². The maximum absolute atomic E-state index is 13.7. The molecule has 3 N–H and O–H groups in total. The van der Waals surface area contributed by atoms with Crippen LogP contribution in [-0.4, -0.2) is 48.3 Å². The maximum atomic E-state index is 13.7. The number of hydrogen-bond donors (Lipinski definition) is 3. The van der Waals surface area contributed by atoms with Crippen molar-refractivity contribution in [3.63, 3.8) is 0 Å². The van der Waals surface area contributed by atoms with E-state index in [-0.39, 0.29) is 51.0 Å². The Hall–Kier alpha value is -3.23. The van der Waals surface area contributed by atoms with Gasteiger partial charge in [0.2, 0.25) is 5.91 Å². The number of carbonyl (C=O) groups excluding carboxylic acids is 1. The number of carboxylic acid groups (broad SMARTS) is 2. The Kier molecular flexibility index (Phi) is 13.3. The smallest absolute Gasteiger partial charge is 0.339 e. The molecule has 6 rings (SSSR count). The fraction of sp³-hybridized carbons (Fsp3) is 0.638. The lowest BCUT2D eigenvalue weighted by molar-refractivity contribution is -0.127. The molecule has 312 valence electrons. The van der Waals surface area contributed by atoms with Crippen molar-refractivity contribution in [3.05, 3.63) is 62.6 Å². The van der Waals surface area contributed by atoms with Crippen LogP contribution < -0.4 is 14.8 Å². The second-order valence-electron chi connectivity index (χ2n) is 18.7. The third kappa shape index (κ3) is 8.60. The molecule has 2 aromatic rings. The number of ether oxygens (including phenoxy) is 2. The summed E-state index contributed by atoms with van der Waals surface area (Å²) in [6.07, 6.45) is 16.8. The van der Waals surface area contributed by atoms with Crippen LogP contribution in [-0.2, 0) is 4.79 Å². The molecule has 0 saturated heterocycles. The Morgan fingerprint density at radius 2 is 1.39 bits per heavy atom. The Morgan fingerprint density at radius 3 is 1.95 bits per heavy atom. The largest absolute Gasteiger partial charge is 0.494 e. The molecule has 9 atom stereocenters. The third-order valence-electron chi connectivity index (χ3n) is 15.3. The molecule has 10 heteroatoms. The molecule has 4 fully saturated rings. The summed E-state index contributed by atoms with van der Waals surface area (Å²) in [6, 6.07) is 5.97. The van der Waals surface area contributed by atoms with Crippen LogP contribution in [0.3, 0.4) is 0 Å². The Bertz CT molecular complexity index is 1800. The number of carbonyl (C=O) groups is 3. The fourth-order valence-corrected chi connectivity index (χ4v) is 13.1. The highest BCUT2D eigenvalue weighted by Crippen LogP contribution is 2.68. The summed E-state index contributed by atoms with van der Waals surface area (Å²) >= 11 is 13.0. The SMILES string of the molecule is COc1c(Cl)cc(C(=CCC(=O)NC2CC[C@@]3(C)C(CC[C@H]4[C@@H]5CC[C@H]([C@H](C)CCCC(C)C)[C@@]5(C)CC[C@@H]43)C2)c2cc(Cl)c(OC)c(C(=O)O)c2)cc1C(=O)O. The third-order valence-corrected chi connectivity index (χ3v) is 15.9. The number of fused-ring (bicyclic) bond motifs is 5. The molecule has 0 aliphatic heterocycles. The predicted octanol–water partition coefficient (Wildman–Crippen LogP) is 11.8. The highest BCUT2D eigenvalue weighted by molar-refractivity contribution is 6.33. The molecule has 1 amide bonds. The Balaban J connectivity index is 1.17. The van der Waals surface area contributed by atoms with E-state index in [4.69, 9.17) is 32.7 Å². The van der Waals surface area contributed by atoms with Gasteiger partial charge in [0.25, 0.3) is 0 Å². The molecular weight excluding hydrogens is 761 g/mol. The summed E-state index contributed by atoms with van der Waals surface area (Å²) in [5.41, 5.74) is 1.56. The minimum atomic E-state index is -1.25. The van der Waals surface area contributed by atoms with E-state index < -0.39 is 11.9 Å². The number of methoxy groups -OCH3 is 2. The number of benzene rings is 2. The first-order chi connectivity index (χ1) is 27.0. The van der Waals surface area contributed by atoms with E-state index in [9.17, 15) is 24.6 Å². The Morgan fingerprint density at radius 1 is 0.807 bits per heavy atom. The number of carboxylic acids is 2. The summed E-state index contributed by atoms with van der Waals surface area (Å²) in [5.74, 6) is 2.77. The lowest BCUT2D eigenvalue weighted by Crippen LogP contribution is -2.55. The van der Waals surface area contributed by atoms with Gasteiger partial charge in [0.15, 0.2) is 11.5 Å². The lowest BCUT2D eigenvalue weighted by Gasteiger charge is -2.61.